The van der Waals surface area contributed by atoms with Crippen molar-refractivity contribution in [2.75, 3.05) is 12.4 Å². The quantitative estimate of drug-likeness (QED) is 0.754. The Bertz CT molecular complexity index is 463. The molecule has 0 saturated carbocycles. The van der Waals surface area contributed by atoms with Crippen molar-refractivity contribution in [3.63, 3.8) is 0 Å². The highest BCUT2D eigenvalue weighted by Gasteiger charge is 2.34. The summed E-state index contributed by atoms with van der Waals surface area (Å²) in [4.78, 5) is 14.5. The molecule has 2 unspecified atom stereocenters. The number of amides is 1. The van der Waals surface area contributed by atoms with Gasteiger partial charge in [-0.3, -0.25) is 4.79 Å². The smallest absolute Gasteiger partial charge is 0.254 e. The number of aryl methyl sites for hydroxylation is 1. The number of carbonyl (C=O) groups excluding carboxylic acids is 1. The molecule has 98 valence electrons. The molecule has 0 N–H and O–H groups in total. The summed E-state index contributed by atoms with van der Waals surface area (Å²) in [5.41, 5.74) is 1.78. The molecule has 1 amide bonds. The first-order valence-corrected chi connectivity index (χ1v) is 7.50. The standard InChI is InChI=1S/C14H17BrClNO/c1-9-3-4-11(15)7-12(9)14(18)17-6-5-10(2)13(17)8-16/h3-4,7,10,13H,5-6,8H2,1-2H3. The fourth-order valence-electron chi connectivity index (χ4n) is 2.47. The molecular weight excluding hydrogens is 314 g/mol. The highest BCUT2D eigenvalue weighted by Crippen LogP contribution is 2.28. The van der Waals surface area contributed by atoms with Gasteiger partial charge >= 0.3 is 0 Å². The summed E-state index contributed by atoms with van der Waals surface area (Å²) >= 11 is 9.42. The number of benzene rings is 1. The topological polar surface area (TPSA) is 20.3 Å². The second-order valence-electron chi connectivity index (χ2n) is 4.95. The van der Waals surface area contributed by atoms with Crippen LogP contribution in [0.1, 0.15) is 29.3 Å². The van der Waals surface area contributed by atoms with Crippen LogP contribution in [0, 0.1) is 12.8 Å². The third kappa shape index (κ3) is 2.57. The SMILES string of the molecule is Cc1ccc(Br)cc1C(=O)N1CCC(C)C1CCl. The molecule has 1 heterocycles. The zero-order chi connectivity index (χ0) is 13.3. The van der Waals surface area contributed by atoms with Gasteiger partial charge in [-0.25, -0.2) is 0 Å². The molecule has 0 bridgehead atoms. The van der Waals surface area contributed by atoms with Crippen LogP contribution in [0.5, 0.6) is 0 Å². The Hall–Kier alpha value is -0.540. The Morgan fingerprint density at radius 2 is 2.28 bits per heavy atom. The molecule has 4 heteroatoms. The van der Waals surface area contributed by atoms with Crippen molar-refractivity contribution < 1.29 is 4.79 Å². The van der Waals surface area contributed by atoms with Crippen molar-refractivity contribution in [2.24, 2.45) is 5.92 Å². The summed E-state index contributed by atoms with van der Waals surface area (Å²) < 4.78 is 0.936. The Kier molecular flexibility index (Phi) is 4.33. The summed E-state index contributed by atoms with van der Waals surface area (Å²) in [6.07, 6.45) is 1.04. The van der Waals surface area contributed by atoms with E-state index in [2.05, 4.69) is 22.9 Å². The lowest BCUT2D eigenvalue weighted by Crippen LogP contribution is -2.39. The van der Waals surface area contributed by atoms with Crippen LogP contribution in [-0.2, 0) is 0 Å². The molecule has 0 aromatic heterocycles. The first-order valence-electron chi connectivity index (χ1n) is 6.17. The summed E-state index contributed by atoms with van der Waals surface area (Å²) in [6.45, 7) is 4.94. The molecule has 2 rings (SSSR count). The lowest BCUT2D eigenvalue weighted by atomic mass is 10.0. The molecule has 18 heavy (non-hydrogen) atoms. The molecule has 1 aromatic carbocycles. The van der Waals surface area contributed by atoms with Gasteiger partial charge in [-0.2, -0.15) is 0 Å². The number of hydrogen-bond acceptors (Lipinski definition) is 1. The van der Waals surface area contributed by atoms with Gasteiger partial charge in [-0.15, -0.1) is 11.6 Å². The highest BCUT2D eigenvalue weighted by atomic mass is 79.9. The lowest BCUT2D eigenvalue weighted by molar-refractivity contribution is 0.0736. The fraction of sp³-hybridized carbons (Fsp3) is 0.500. The summed E-state index contributed by atoms with van der Waals surface area (Å²) in [6, 6.07) is 5.98. The van der Waals surface area contributed by atoms with Crippen LogP contribution in [0.4, 0.5) is 0 Å². The molecule has 0 aliphatic carbocycles. The number of carbonyl (C=O) groups is 1. The van der Waals surface area contributed by atoms with Crippen LogP contribution >= 0.6 is 27.5 Å². The summed E-state index contributed by atoms with van der Waals surface area (Å²) in [5, 5.41) is 0. The first kappa shape index (κ1) is 13.9. The van der Waals surface area contributed by atoms with Gasteiger partial charge < -0.3 is 4.90 Å². The second-order valence-corrected chi connectivity index (χ2v) is 6.17. The zero-order valence-corrected chi connectivity index (χ0v) is 13.0. The van der Waals surface area contributed by atoms with E-state index in [0.717, 1.165) is 28.6 Å². The van der Waals surface area contributed by atoms with Gasteiger partial charge in [0.1, 0.15) is 0 Å². The number of alkyl halides is 1. The molecule has 1 saturated heterocycles. The number of rotatable bonds is 2. The number of nitrogens with zero attached hydrogens (tertiary/aromatic N) is 1. The van der Waals surface area contributed by atoms with E-state index >= 15 is 0 Å². The molecular formula is C14H17BrClNO. The maximum absolute atomic E-state index is 12.6. The average Bonchev–Trinajstić information content (AvgIpc) is 2.72. The molecule has 1 fully saturated rings. The Morgan fingerprint density at radius 1 is 1.56 bits per heavy atom. The van der Waals surface area contributed by atoms with Crippen molar-refractivity contribution >= 4 is 33.4 Å². The summed E-state index contributed by atoms with van der Waals surface area (Å²) in [7, 11) is 0. The van der Waals surface area contributed by atoms with E-state index in [4.69, 9.17) is 11.6 Å². The van der Waals surface area contributed by atoms with Gasteiger partial charge in [-0.1, -0.05) is 28.9 Å². The van der Waals surface area contributed by atoms with E-state index in [-0.39, 0.29) is 11.9 Å². The van der Waals surface area contributed by atoms with Gasteiger partial charge in [-0.05, 0) is 37.0 Å². The van der Waals surface area contributed by atoms with Gasteiger partial charge in [0.15, 0.2) is 0 Å². The minimum absolute atomic E-state index is 0.101. The van der Waals surface area contributed by atoms with Gasteiger partial charge in [0.2, 0.25) is 0 Å². The van der Waals surface area contributed by atoms with E-state index in [0.29, 0.717) is 11.8 Å². The lowest BCUT2D eigenvalue weighted by Gasteiger charge is -2.25. The fourth-order valence-corrected chi connectivity index (χ4v) is 3.31. The second kappa shape index (κ2) is 5.62. The molecule has 2 nitrogen and oxygen atoms in total. The normalized spacial score (nSPS) is 23.4. The molecule has 1 aromatic rings. The molecule has 1 aliphatic rings. The monoisotopic (exact) mass is 329 g/mol. The van der Waals surface area contributed by atoms with Crippen molar-refractivity contribution in [1.82, 2.24) is 4.90 Å². The summed E-state index contributed by atoms with van der Waals surface area (Å²) in [5.74, 6) is 1.10. The minimum Gasteiger partial charge on any atom is -0.334 e. The van der Waals surface area contributed by atoms with Crippen molar-refractivity contribution in [3.8, 4) is 0 Å². The van der Waals surface area contributed by atoms with Crippen LogP contribution in [-0.4, -0.2) is 29.3 Å². The molecule has 0 spiro atoms. The Morgan fingerprint density at radius 3 is 2.94 bits per heavy atom. The van der Waals surface area contributed by atoms with Crippen molar-refractivity contribution in [1.29, 1.82) is 0 Å². The molecule has 0 radical (unpaired) electrons. The third-order valence-electron chi connectivity index (χ3n) is 3.73. The number of halogens is 2. The maximum atomic E-state index is 12.6. The van der Waals surface area contributed by atoms with Crippen LogP contribution < -0.4 is 0 Å². The molecule has 1 aliphatic heterocycles. The minimum atomic E-state index is 0.101. The largest absolute Gasteiger partial charge is 0.334 e. The van der Waals surface area contributed by atoms with Gasteiger partial charge in [0, 0.05) is 28.5 Å². The Balaban J connectivity index is 2.28. The van der Waals surface area contributed by atoms with E-state index in [1.54, 1.807) is 0 Å². The van der Waals surface area contributed by atoms with Gasteiger partial charge in [0.25, 0.3) is 5.91 Å². The predicted molar refractivity (Wildman–Crippen MR) is 78.2 cm³/mol. The van der Waals surface area contributed by atoms with E-state index in [9.17, 15) is 4.79 Å². The van der Waals surface area contributed by atoms with Crippen molar-refractivity contribution in [2.45, 2.75) is 26.3 Å². The average molecular weight is 331 g/mol. The van der Waals surface area contributed by atoms with E-state index in [1.807, 2.05) is 30.0 Å². The van der Waals surface area contributed by atoms with Gasteiger partial charge in [0.05, 0.1) is 0 Å². The zero-order valence-electron chi connectivity index (χ0n) is 10.6. The van der Waals surface area contributed by atoms with Crippen molar-refractivity contribution in [3.05, 3.63) is 33.8 Å². The maximum Gasteiger partial charge on any atom is 0.254 e. The first-order chi connectivity index (χ1) is 8.54. The van der Waals surface area contributed by atoms with Crippen LogP contribution in [0.15, 0.2) is 22.7 Å². The highest BCUT2D eigenvalue weighted by molar-refractivity contribution is 9.10. The van der Waals surface area contributed by atoms with Crippen LogP contribution in [0.2, 0.25) is 0 Å². The van der Waals surface area contributed by atoms with E-state index < -0.39 is 0 Å². The van der Waals surface area contributed by atoms with Crippen LogP contribution in [0.25, 0.3) is 0 Å². The van der Waals surface area contributed by atoms with E-state index in [1.165, 1.54) is 0 Å². The number of hydrogen-bond donors (Lipinski definition) is 0. The predicted octanol–water partition coefficient (Wildman–Crippen LogP) is 3.85. The third-order valence-corrected chi connectivity index (χ3v) is 4.54. The number of likely N-dealkylation sites (tertiary alicyclic amines) is 1. The molecule has 2 atom stereocenters. The van der Waals surface area contributed by atoms with Crippen LogP contribution in [0.3, 0.4) is 0 Å². The Labute approximate surface area is 121 Å².